The summed E-state index contributed by atoms with van der Waals surface area (Å²) in [5.41, 5.74) is 0.515. The summed E-state index contributed by atoms with van der Waals surface area (Å²) in [5, 5.41) is 2.73. The lowest BCUT2D eigenvalue weighted by Gasteiger charge is -2.33. The van der Waals surface area contributed by atoms with Gasteiger partial charge >= 0.3 is 12.2 Å². The van der Waals surface area contributed by atoms with E-state index in [4.69, 9.17) is 4.74 Å². The number of carbonyl (C=O) groups is 2. The molecular weight excluding hydrogens is 375 g/mol. The third-order valence-electron chi connectivity index (χ3n) is 4.74. The van der Waals surface area contributed by atoms with Crippen molar-refractivity contribution in [2.45, 2.75) is 12.2 Å². The molecular formula is C19H20F3N3O3. The molecule has 1 aromatic carbocycles. The number of nitrogens with zero attached hydrogens (tertiary/aromatic N) is 2. The van der Waals surface area contributed by atoms with Crippen molar-refractivity contribution in [3.05, 3.63) is 59.3 Å². The first-order valence-electron chi connectivity index (χ1n) is 8.65. The van der Waals surface area contributed by atoms with Crippen LogP contribution in [0.15, 0.2) is 48.2 Å². The summed E-state index contributed by atoms with van der Waals surface area (Å²) in [5.74, 6) is -0.272. The number of ether oxygens (including phenoxy) is 1. The van der Waals surface area contributed by atoms with E-state index >= 15 is 0 Å². The van der Waals surface area contributed by atoms with Crippen LogP contribution in [-0.4, -0.2) is 55.1 Å². The number of alkyl halides is 3. The number of methoxy groups -OCH3 is 1. The topological polar surface area (TPSA) is 61.9 Å². The number of amides is 3. The number of hydrogen-bond donors (Lipinski definition) is 1. The molecule has 0 unspecified atom stereocenters. The van der Waals surface area contributed by atoms with Gasteiger partial charge in [0.15, 0.2) is 0 Å². The van der Waals surface area contributed by atoms with Gasteiger partial charge in [0, 0.05) is 20.2 Å². The predicted molar refractivity (Wildman–Crippen MR) is 95.1 cm³/mol. The SMILES string of the molecule is C=CCN1C(=O)N[C@H](c2ccc(C(F)(F)F)cc2)C2=C1CN(CCOC)C2=O. The van der Waals surface area contributed by atoms with Crippen molar-refractivity contribution in [2.75, 3.05) is 33.4 Å². The van der Waals surface area contributed by atoms with E-state index in [9.17, 15) is 22.8 Å². The molecule has 2 aliphatic rings. The minimum atomic E-state index is -4.46. The van der Waals surface area contributed by atoms with Crippen molar-refractivity contribution < 1.29 is 27.5 Å². The predicted octanol–water partition coefficient (Wildman–Crippen LogP) is 2.70. The minimum absolute atomic E-state index is 0.218. The second-order valence-electron chi connectivity index (χ2n) is 6.48. The Labute approximate surface area is 160 Å². The molecule has 6 nitrogen and oxygen atoms in total. The van der Waals surface area contributed by atoms with Crippen LogP contribution >= 0.6 is 0 Å². The average molecular weight is 395 g/mol. The molecule has 0 saturated carbocycles. The molecule has 3 amide bonds. The summed E-state index contributed by atoms with van der Waals surface area (Å²) in [6, 6.07) is 3.22. The van der Waals surface area contributed by atoms with Gasteiger partial charge in [-0.05, 0) is 17.7 Å². The highest BCUT2D eigenvalue weighted by molar-refractivity contribution is 6.01. The van der Waals surface area contributed by atoms with Crippen molar-refractivity contribution >= 4 is 11.9 Å². The Morgan fingerprint density at radius 1 is 1.29 bits per heavy atom. The summed E-state index contributed by atoms with van der Waals surface area (Å²) in [6.07, 6.45) is -2.91. The van der Waals surface area contributed by atoms with Crippen LogP contribution in [0.25, 0.3) is 0 Å². The summed E-state index contributed by atoms with van der Waals surface area (Å²) < 4.78 is 43.5. The lowest BCUT2D eigenvalue weighted by Crippen LogP contribution is -2.47. The van der Waals surface area contributed by atoms with E-state index in [1.54, 1.807) is 11.0 Å². The standard InChI is InChI=1S/C19H20F3N3O3/c1-3-8-25-14-11-24(9-10-28-2)17(26)15(14)16(23-18(25)27)12-4-6-13(7-5-12)19(20,21)22/h3-7,16H,1,8-11H2,2H3,(H,23,27)/t16-/m1/s1. The van der Waals surface area contributed by atoms with Gasteiger partial charge in [-0.3, -0.25) is 9.69 Å². The maximum Gasteiger partial charge on any atom is 0.416 e. The maximum atomic E-state index is 12.9. The zero-order valence-corrected chi connectivity index (χ0v) is 15.3. The summed E-state index contributed by atoms with van der Waals surface area (Å²) >= 11 is 0. The van der Waals surface area contributed by atoms with E-state index in [0.717, 1.165) is 12.1 Å². The third kappa shape index (κ3) is 3.62. The fourth-order valence-electron chi connectivity index (χ4n) is 3.37. The van der Waals surface area contributed by atoms with E-state index in [2.05, 4.69) is 11.9 Å². The molecule has 0 spiro atoms. The largest absolute Gasteiger partial charge is 0.416 e. The van der Waals surface area contributed by atoms with Gasteiger partial charge in [0.25, 0.3) is 5.91 Å². The van der Waals surface area contributed by atoms with E-state index in [0.29, 0.717) is 30.0 Å². The highest BCUT2D eigenvalue weighted by Gasteiger charge is 2.43. The maximum absolute atomic E-state index is 12.9. The highest BCUT2D eigenvalue weighted by atomic mass is 19.4. The van der Waals surface area contributed by atoms with Crippen LogP contribution in [0.4, 0.5) is 18.0 Å². The molecule has 3 rings (SSSR count). The van der Waals surface area contributed by atoms with Gasteiger partial charge in [-0.25, -0.2) is 4.79 Å². The fraction of sp³-hybridized carbons (Fsp3) is 0.368. The number of nitrogens with one attached hydrogen (secondary N) is 1. The van der Waals surface area contributed by atoms with Crippen LogP contribution in [0.2, 0.25) is 0 Å². The normalized spacial score (nSPS) is 19.8. The van der Waals surface area contributed by atoms with Crippen LogP contribution in [0.5, 0.6) is 0 Å². The molecule has 150 valence electrons. The second kappa shape index (κ2) is 7.67. The molecule has 28 heavy (non-hydrogen) atoms. The number of urea groups is 1. The van der Waals surface area contributed by atoms with Crippen LogP contribution in [0.3, 0.4) is 0 Å². The first-order valence-corrected chi connectivity index (χ1v) is 8.65. The number of halogens is 3. The van der Waals surface area contributed by atoms with Gasteiger partial charge in [-0.2, -0.15) is 13.2 Å². The Kier molecular flexibility index (Phi) is 5.46. The number of benzene rings is 1. The molecule has 0 bridgehead atoms. The van der Waals surface area contributed by atoms with Crippen LogP contribution in [0, 0.1) is 0 Å². The first kappa shape index (κ1) is 19.9. The molecule has 1 N–H and O–H groups in total. The van der Waals surface area contributed by atoms with E-state index in [1.807, 2.05) is 0 Å². The summed E-state index contributed by atoms with van der Waals surface area (Å²) in [7, 11) is 1.52. The molecule has 2 heterocycles. The van der Waals surface area contributed by atoms with Gasteiger partial charge in [-0.1, -0.05) is 18.2 Å². The average Bonchev–Trinajstić information content (AvgIpc) is 2.98. The quantitative estimate of drug-likeness (QED) is 0.754. The van der Waals surface area contributed by atoms with Gasteiger partial charge in [0.2, 0.25) is 0 Å². The second-order valence-corrected chi connectivity index (χ2v) is 6.48. The Morgan fingerprint density at radius 3 is 2.54 bits per heavy atom. The molecule has 0 aromatic heterocycles. The molecule has 0 fully saturated rings. The van der Waals surface area contributed by atoms with Crippen LogP contribution in [-0.2, 0) is 15.7 Å². The monoisotopic (exact) mass is 395 g/mol. The molecule has 2 aliphatic heterocycles. The number of carbonyl (C=O) groups excluding carboxylic acids is 2. The molecule has 9 heteroatoms. The number of hydrogen-bond acceptors (Lipinski definition) is 3. The Morgan fingerprint density at radius 2 is 1.96 bits per heavy atom. The molecule has 0 saturated heterocycles. The summed E-state index contributed by atoms with van der Waals surface area (Å²) in [4.78, 5) is 28.5. The van der Waals surface area contributed by atoms with E-state index in [1.165, 1.54) is 24.1 Å². The zero-order chi connectivity index (χ0) is 20.5. The van der Waals surface area contributed by atoms with Crippen molar-refractivity contribution in [3.63, 3.8) is 0 Å². The molecule has 0 aliphatic carbocycles. The fourth-order valence-corrected chi connectivity index (χ4v) is 3.37. The lowest BCUT2D eigenvalue weighted by molar-refractivity contribution is -0.137. The third-order valence-corrected chi connectivity index (χ3v) is 4.74. The van der Waals surface area contributed by atoms with Crippen molar-refractivity contribution in [1.29, 1.82) is 0 Å². The van der Waals surface area contributed by atoms with Gasteiger partial charge in [-0.15, -0.1) is 6.58 Å². The zero-order valence-electron chi connectivity index (χ0n) is 15.3. The van der Waals surface area contributed by atoms with Crippen molar-refractivity contribution in [2.24, 2.45) is 0 Å². The summed E-state index contributed by atoms with van der Waals surface area (Å²) in [6.45, 7) is 4.76. The Bertz CT molecular complexity index is 818. The van der Waals surface area contributed by atoms with E-state index in [-0.39, 0.29) is 19.0 Å². The lowest BCUT2D eigenvalue weighted by atomic mass is 9.94. The van der Waals surface area contributed by atoms with Gasteiger partial charge in [0.1, 0.15) is 0 Å². The Balaban J connectivity index is 1.98. The number of rotatable bonds is 6. The van der Waals surface area contributed by atoms with Gasteiger partial charge in [0.05, 0.1) is 36.0 Å². The van der Waals surface area contributed by atoms with Crippen LogP contribution in [0.1, 0.15) is 17.2 Å². The van der Waals surface area contributed by atoms with Crippen LogP contribution < -0.4 is 5.32 Å². The van der Waals surface area contributed by atoms with E-state index < -0.39 is 23.8 Å². The van der Waals surface area contributed by atoms with Gasteiger partial charge < -0.3 is 15.0 Å². The smallest absolute Gasteiger partial charge is 0.383 e. The molecule has 1 atom stereocenters. The Hall–Kier alpha value is -2.81. The first-order chi connectivity index (χ1) is 13.3. The minimum Gasteiger partial charge on any atom is -0.383 e. The van der Waals surface area contributed by atoms with Crippen molar-refractivity contribution in [1.82, 2.24) is 15.1 Å². The molecule has 1 aromatic rings. The highest BCUT2D eigenvalue weighted by Crippen LogP contribution is 2.37. The van der Waals surface area contributed by atoms with Crippen molar-refractivity contribution in [3.8, 4) is 0 Å². The molecule has 0 radical (unpaired) electrons.